The SMILES string of the molecule is Cc1cccc(C)c1-n1nnnc1SCC(=O)NC(C)CCc1ccccc1. The summed E-state index contributed by atoms with van der Waals surface area (Å²) in [6.07, 6.45) is 1.85. The van der Waals surface area contributed by atoms with Gasteiger partial charge in [-0.25, -0.2) is 0 Å². The van der Waals surface area contributed by atoms with Crippen LogP contribution in [-0.2, 0) is 11.2 Å². The van der Waals surface area contributed by atoms with Crippen molar-refractivity contribution in [2.24, 2.45) is 0 Å². The summed E-state index contributed by atoms with van der Waals surface area (Å²) in [6, 6.07) is 16.5. The van der Waals surface area contributed by atoms with E-state index in [1.54, 1.807) is 4.68 Å². The van der Waals surface area contributed by atoms with E-state index in [1.807, 2.05) is 57.2 Å². The number of aryl methyl sites for hydroxylation is 3. The third kappa shape index (κ3) is 5.19. The summed E-state index contributed by atoms with van der Waals surface area (Å²) in [5, 5.41) is 15.7. The van der Waals surface area contributed by atoms with Crippen molar-refractivity contribution in [2.75, 3.05) is 5.75 Å². The maximum atomic E-state index is 12.3. The molecule has 1 N–H and O–H groups in total. The molecule has 1 aromatic heterocycles. The van der Waals surface area contributed by atoms with Gasteiger partial charge < -0.3 is 5.32 Å². The molecule has 28 heavy (non-hydrogen) atoms. The number of amides is 1. The molecule has 7 heteroatoms. The Morgan fingerprint density at radius 3 is 2.54 bits per heavy atom. The van der Waals surface area contributed by atoms with Gasteiger partial charge in [-0.2, -0.15) is 4.68 Å². The number of nitrogens with one attached hydrogen (secondary N) is 1. The lowest BCUT2D eigenvalue weighted by Crippen LogP contribution is -2.34. The standard InChI is InChI=1S/C21H25N5OS/c1-15-8-7-9-16(2)20(15)26-21(23-24-25-26)28-14-19(27)22-17(3)12-13-18-10-5-4-6-11-18/h4-11,17H,12-14H2,1-3H3,(H,22,27). The van der Waals surface area contributed by atoms with Gasteiger partial charge in [-0.15, -0.1) is 5.10 Å². The van der Waals surface area contributed by atoms with Crippen molar-refractivity contribution in [2.45, 2.75) is 44.8 Å². The van der Waals surface area contributed by atoms with E-state index in [0.717, 1.165) is 29.7 Å². The van der Waals surface area contributed by atoms with Crippen LogP contribution < -0.4 is 5.32 Å². The highest BCUT2D eigenvalue weighted by molar-refractivity contribution is 7.99. The van der Waals surface area contributed by atoms with Crippen LogP contribution in [0.25, 0.3) is 5.69 Å². The molecule has 0 aliphatic rings. The van der Waals surface area contributed by atoms with Crippen LogP contribution in [0, 0.1) is 13.8 Å². The molecule has 0 saturated heterocycles. The number of para-hydroxylation sites is 1. The number of aromatic nitrogens is 4. The average Bonchev–Trinajstić information content (AvgIpc) is 3.14. The first-order valence-electron chi connectivity index (χ1n) is 9.35. The topological polar surface area (TPSA) is 72.7 Å². The van der Waals surface area contributed by atoms with Crippen molar-refractivity contribution in [3.8, 4) is 5.69 Å². The van der Waals surface area contributed by atoms with Gasteiger partial charge in [0, 0.05) is 6.04 Å². The van der Waals surface area contributed by atoms with E-state index in [4.69, 9.17) is 0 Å². The van der Waals surface area contributed by atoms with Gasteiger partial charge in [-0.1, -0.05) is 60.3 Å². The molecule has 1 amide bonds. The third-order valence-electron chi connectivity index (χ3n) is 4.54. The lowest BCUT2D eigenvalue weighted by Gasteiger charge is -2.14. The summed E-state index contributed by atoms with van der Waals surface area (Å²) in [4.78, 5) is 12.3. The Hall–Kier alpha value is -2.67. The smallest absolute Gasteiger partial charge is 0.230 e. The lowest BCUT2D eigenvalue weighted by atomic mass is 10.1. The molecule has 1 heterocycles. The Balaban J connectivity index is 1.53. The number of benzene rings is 2. The molecule has 2 aromatic carbocycles. The Labute approximate surface area is 169 Å². The van der Waals surface area contributed by atoms with E-state index in [1.165, 1.54) is 17.3 Å². The van der Waals surface area contributed by atoms with E-state index in [2.05, 4.69) is 33.0 Å². The van der Waals surface area contributed by atoms with Crippen LogP contribution in [0.15, 0.2) is 53.7 Å². The Bertz CT molecular complexity index is 905. The number of tetrazole rings is 1. The highest BCUT2D eigenvalue weighted by Gasteiger charge is 2.15. The zero-order valence-electron chi connectivity index (χ0n) is 16.4. The maximum absolute atomic E-state index is 12.3. The second-order valence-electron chi connectivity index (χ2n) is 6.90. The van der Waals surface area contributed by atoms with E-state index in [-0.39, 0.29) is 17.7 Å². The summed E-state index contributed by atoms with van der Waals surface area (Å²) in [6.45, 7) is 6.09. The minimum absolute atomic E-state index is 0.0124. The Morgan fingerprint density at radius 2 is 1.82 bits per heavy atom. The second kappa shape index (κ2) is 9.50. The number of hydrogen-bond donors (Lipinski definition) is 1. The minimum atomic E-state index is -0.0124. The number of hydrogen-bond acceptors (Lipinski definition) is 5. The van der Waals surface area contributed by atoms with Crippen LogP contribution in [-0.4, -0.2) is 37.9 Å². The second-order valence-corrected chi connectivity index (χ2v) is 7.84. The zero-order chi connectivity index (χ0) is 19.9. The normalized spacial score (nSPS) is 12.0. The monoisotopic (exact) mass is 395 g/mol. The quantitative estimate of drug-likeness (QED) is 0.591. The van der Waals surface area contributed by atoms with Crippen LogP contribution in [0.5, 0.6) is 0 Å². The molecule has 3 aromatic rings. The number of thioether (sulfide) groups is 1. The van der Waals surface area contributed by atoms with E-state index >= 15 is 0 Å². The summed E-state index contributed by atoms with van der Waals surface area (Å²) in [5.41, 5.74) is 4.43. The van der Waals surface area contributed by atoms with E-state index in [9.17, 15) is 4.79 Å². The third-order valence-corrected chi connectivity index (χ3v) is 5.46. The summed E-state index contributed by atoms with van der Waals surface area (Å²) < 4.78 is 1.71. The molecule has 0 spiro atoms. The van der Waals surface area contributed by atoms with E-state index < -0.39 is 0 Å². The summed E-state index contributed by atoms with van der Waals surface area (Å²) >= 11 is 1.35. The first-order chi connectivity index (χ1) is 13.5. The molecule has 0 aliphatic carbocycles. The minimum Gasteiger partial charge on any atom is -0.353 e. The van der Waals surface area contributed by atoms with Gasteiger partial charge in [0.1, 0.15) is 0 Å². The van der Waals surface area contributed by atoms with Crippen LogP contribution in [0.1, 0.15) is 30.0 Å². The van der Waals surface area contributed by atoms with Crippen molar-refractivity contribution in [1.29, 1.82) is 0 Å². The molecule has 0 saturated carbocycles. The van der Waals surface area contributed by atoms with Gasteiger partial charge in [0.05, 0.1) is 11.4 Å². The van der Waals surface area contributed by atoms with Gasteiger partial charge in [0.15, 0.2) is 0 Å². The molecule has 1 atom stereocenters. The largest absolute Gasteiger partial charge is 0.353 e. The predicted octanol–water partition coefficient (Wildman–Crippen LogP) is 3.51. The number of nitrogens with zero attached hydrogens (tertiary/aromatic N) is 4. The van der Waals surface area contributed by atoms with Gasteiger partial charge >= 0.3 is 0 Å². The first kappa shape index (κ1) is 20.1. The predicted molar refractivity (Wildman–Crippen MR) is 112 cm³/mol. The summed E-state index contributed by atoms with van der Waals surface area (Å²) in [5.74, 6) is 0.266. The fourth-order valence-corrected chi connectivity index (χ4v) is 3.78. The van der Waals surface area contributed by atoms with Crippen molar-refractivity contribution in [3.63, 3.8) is 0 Å². The molecule has 3 rings (SSSR count). The fraction of sp³-hybridized carbons (Fsp3) is 0.333. The number of rotatable bonds is 8. The number of carbonyl (C=O) groups is 1. The highest BCUT2D eigenvalue weighted by atomic mass is 32.2. The molecule has 146 valence electrons. The van der Waals surface area contributed by atoms with Crippen LogP contribution in [0.4, 0.5) is 0 Å². The molecule has 0 bridgehead atoms. The van der Waals surface area contributed by atoms with Crippen molar-refractivity contribution in [3.05, 3.63) is 65.2 Å². The Kier molecular flexibility index (Phi) is 6.81. The van der Waals surface area contributed by atoms with E-state index in [0.29, 0.717) is 5.16 Å². The van der Waals surface area contributed by atoms with Crippen molar-refractivity contribution < 1.29 is 4.79 Å². The van der Waals surface area contributed by atoms with Gasteiger partial charge in [0.25, 0.3) is 0 Å². The zero-order valence-corrected chi connectivity index (χ0v) is 17.2. The van der Waals surface area contributed by atoms with Crippen LogP contribution in [0.3, 0.4) is 0 Å². The van der Waals surface area contributed by atoms with Gasteiger partial charge in [0.2, 0.25) is 11.1 Å². The summed E-state index contributed by atoms with van der Waals surface area (Å²) in [7, 11) is 0. The molecule has 1 unspecified atom stereocenters. The average molecular weight is 396 g/mol. The molecule has 0 fully saturated rings. The van der Waals surface area contributed by atoms with Gasteiger partial charge in [-0.3, -0.25) is 4.79 Å². The molecule has 6 nitrogen and oxygen atoms in total. The molecule has 0 aliphatic heterocycles. The van der Waals surface area contributed by atoms with Crippen molar-refractivity contribution >= 4 is 17.7 Å². The number of carbonyl (C=O) groups excluding carboxylic acids is 1. The molecule has 0 radical (unpaired) electrons. The van der Waals surface area contributed by atoms with Gasteiger partial charge in [-0.05, 0) is 60.7 Å². The molecular weight excluding hydrogens is 370 g/mol. The fourth-order valence-electron chi connectivity index (χ4n) is 3.10. The van der Waals surface area contributed by atoms with Crippen LogP contribution in [0.2, 0.25) is 0 Å². The molecular formula is C21H25N5OS. The van der Waals surface area contributed by atoms with Crippen LogP contribution >= 0.6 is 11.8 Å². The first-order valence-corrected chi connectivity index (χ1v) is 10.3. The highest BCUT2D eigenvalue weighted by Crippen LogP contribution is 2.23. The maximum Gasteiger partial charge on any atom is 0.230 e. The lowest BCUT2D eigenvalue weighted by molar-refractivity contribution is -0.119. The Morgan fingerprint density at radius 1 is 1.11 bits per heavy atom. The van der Waals surface area contributed by atoms with Crippen molar-refractivity contribution in [1.82, 2.24) is 25.5 Å².